The summed E-state index contributed by atoms with van der Waals surface area (Å²) in [6.07, 6.45) is 24.2. The first-order chi connectivity index (χ1) is 11.9. The largest absolute Gasteiger partial charge is 0.484 e. The van der Waals surface area contributed by atoms with Crippen LogP contribution in [0.5, 0.6) is 5.75 Å². The first kappa shape index (κ1) is 15.8. The van der Waals surface area contributed by atoms with Crippen LogP contribution in [0.4, 0.5) is 0 Å². The molecule has 1 atom stereocenters. The smallest absolute Gasteiger partial charge is 0.174 e. The lowest BCUT2D eigenvalue weighted by molar-refractivity contribution is 0.235. The Balaban J connectivity index is 1.79. The van der Waals surface area contributed by atoms with Crippen molar-refractivity contribution in [2.45, 2.75) is 6.10 Å². The average Bonchev–Trinajstić information content (AvgIpc) is 3.04. The maximum atomic E-state index is 6.08. The summed E-state index contributed by atoms with van der Waals surface area (Å²) in [5.41, 5.74) is 0.947. The maximum Gasteiger partial charge on any atom is 0.174 e. The fourth-order valence-electron chi connectivity index (χ4n) is 2.24. The lowest BCUT2D eigenvalue weighted by Gasteiger charge is -2.16. The van der Waals surface area contributed by atoms with Gasteiger partial charge in [-0.15, -0.1) is 0 Å². The summed E-state index contributed by atoms with van der Waals surface area (Å²) in [7, 11) is 0. The average molecular weight is 321 g/mol. The van der Waals surface area contributed by atoms with Crippen LogP contribution in [-0.4, -0.2) is 35.5 Å². The van der Waals surface area contributed by atoms with Crippen molar-refractivity contribution < 1.29 is 9.47 Å². The third-order valence-corrected chi connectivity index (χ3v) is 3.39. The van der Waals surface area contributed by atoms with Gasteiger partial charge < -0.3 is 14.4 Å². The van der Waals surface area contributed by atoms with E-state index in [4.69, 9.17) is 9.47 Å². The molecule has 1 aromatic rings. The summed E-state index contributed by atoms with van der Waals surface area (Å²) in [5, 5.41) is 0. The molecule has 122 valence electrons. The molecule has 0 aromatic carbocycles. The van der Waals surface area contributed by atoms with Crippen molar-refractivity contribution >= 4 is 12.5 Å². The molecule has 0 spiro atoms. The van der Waals surface area contributed by atoms with E-state index in [9.17, 15) is 0 Å². The van der Waals surface area contributed by atoms with Crippen LogP contribution in [0.2, 0.25) is 0 Å². The minimum absolute atomic E-state index is 0.0122. The number of pyridine rings is 1. The van der Waals surface area contributed by atoms with Crippen LogP contribution in [-0.2, 0) is 4.74 Å². The molecule has 1 aromatic heterocycles. The third-order valence-electron chi connectivity index (χ3n) is 3.39. The van der Waals surface area contributed by atoms with E-state index >= 15 is 0 Å². The predicted molar refractivity (Wildman–Crippen MR) is 95.4 cm³/mol. The van der Waals surface area contributed by atoms with E-state index in [1.807, 2.05) is 65.9 Å². The molecule has 0 amide bonds. The summed E-state index contributed by atoms with van der Waals surface area (Å²) < 4.78 is 11.3. The topological polar surface area (TPSA) is 47.0 Å². The summed E-state index contributed by atoms with van der Waals surface area (Å²) in [6.45, 7) is 1.22. The number of rotatable bonds is 0. The van der Waals surface area contributed by atoms with Gasteiger partial charge in [-0.25, -0.2) is 4.99 Å². The molecule has 0 saturated heterocycles. The number of allylic oxidation sites excluding steroid dienone is 4. The molecule has 0 N–H and O–H groups in total. The van der Waals surface area contributed by atoms with E-state index in [0.29, 0.717) is 6.61 Å². The Morgan fingerprint density at radius 1 is 1.12 bits per heavy atom. The minimum atomic E-state index is -0.0122. The van der Waals surface area contributed by atoms with Crippen molar-refractivity contribution in [3.63, 3.8) is 0 Å². The Bertz CT molecular complexity index is 717. The van der Waals surface area contributed by atoms with Crippen LogP contribution >= 0.6 is 0 Å². The van der Waals surface area contributed by atoms with Crippen LogP contribution in [0.25, 0.3) is 6.08 Å². The Morgan fingerprint density at radius 2 is 2.08 bits per heavy atom. The highest BCUT2D eigenvalue weighted by Gasteiger charge is 2.16. The van der Waals surface area contributed by atoms with Gasteiger partial charge in [0.15, 0.2) is 6.40 Å². The molecular formula is C19H19N3O2. The summed E-state index contributed by atoms with van der Waals surface area (Å²) >= 11 is 0. The van der Waals surface area contributed by atoms with Gasteiger partial charge in [-0.3, -0.25) is 4.98 Å². The number of aromatic nitrogens is 1. The Kier molecular flexibility index (Phi) is 5.61. The van der Waals surface area contributed by atoms with Crippen LogP contribution in [0.3, 0.4) is 0 Å². The minimum Gasteiger partial charge on any atom is -0.484 e. The van der Waals surface area contributed by atoms with E-state index in [0.717, 1.165) is 17.9 Å². The zero-order chi connectivity index (χ0) is 16.5. The summed E-state index contributed by atoms with van der Waals surface area (Å²) in [5.74, 6) is 0.818. The third kappa shape index (κ3) is 4.71. The fourth-order valence-corrected chi connectivity index (χ4v) is 2.24. The second-order valence-electron chi connectivity index (χ2n) is 5.17. The van der Waals surface area contributed by atoms with Gasteiger partial charge in [0.25, 0.3) is 0 Å². The molecule has 1 unspecified atom stereocenters. The Hall–Kier alpha value is -3.08. The lowest BCUT2D eigenvalue weighted by atomic mass is 10.2. The highest BCUT2D eigenvalue weighted by Crippen LogP contribution is 2.22. The van der Waals surface area contributed by atoms with E-state index in [1.54, 1.807) is 18.6 Å². The zero-order valence-electron chi connectivity index (χ0n) is 13.2. The van der Waals surface area contributed by atoms with Crippen molar-refractivity contribution in [3.05, 3.63) is 79.1 Å². The molecule has 0 aliphatic carbocycles. The van der Waals surface area contributed by atoms with Gasteiger partial charge >= 0.3 is 0 Å². The number of hydrogen-bond acceptors (Lipinski definition) is 5. The monoisotopic (exact) mass is 321 g/mol. The zero-order valence-corrected chi connectivity index (χ0v) is 13.2. The number of fused-ring (bicyclic) bond motifs is 3. The number of nitrogens with zero attached hydrogens (tertiary/aromatic N) is 3. The first-order valence-corrected chi connectivity index (χ1v) is 7.76. The molecule has 2 bridgehead atoms. The maximum absolute atomic E-state index is 6.08. The van der Waals surface area contributed by atoms with Gasteiger partial charge in [0.2, 0.25) is 0 Å². The molecule has 3 rings (SSSR count). The van der Waals surface area contributed by atoms with Crippen molar-refractivity contribution in [3.8, 4) is 5.75 Å². The molecule has 2 aliphatic rings. The fraction of sp³-hybridized carbons (Fsp3) is 0.158. The summed E-state index contributed by atoms with van der Waals surface area (Å²) in [6, 6.07) is 1.88. The molecule has 5 heteroatoms. The van der Waals surface area contributed by atoms with Crippen LogP contribution in [0.1, 0.15) is 5.56 Å². The molecule has 0 saturated carbocycles. The van der Waals surface area contributed by atoms with Crippen LogP contribution in [0.15, 0.2) is 78.5 Å². The molecule has 24 heavy (non-hydrogen) atoms. The highest BCUT2D eigenvalue weighted by molar-refractivity contribution is 5.57. The Labute approximate surface area is 141 Å². The van der Waals surface area contributed by atoms with Crippen LogP contribution < -0.4 is 4.74 Å². The van der Waals surface area contributed by atoms with Gasteiger partial charge in [-0.05, 0) is 24.3 Å². The van der Waals surface area contributed by atoms with Crippen molar-refractivity contribution in [1.82, 2.24) is 9.88 Å². The standard InChI is InChI=1S/C19H19N3O2/c1-2-4-6-17-14-20-9-7-19(17)24-18-8-11-22(15-18)12-10-21-16-23-13-5-3-1/h1-12,14,16,18H,13,15H2. The molecule has 3 heterocycles. The molecule has 0 radical (unpaired) electrons. The second-order valence-corrected chi connectivity index (χ2v) is 5.17. The van der Waals surface area contributed by atoms with Gasteiger partial charge in [0.05, 0.1) is 6.54 Å². The number of ether oxygens (including phenoxy) is 2. The van der Waals surface area contributed by atoms with Gasteiger partial charge in [-0.1, -0.05) is 24.3 Å². The quantitative estimate of drug-likeness (QED) is 0.735. The highest BCUT2D eigenvalue weighted by atomic mass is 16.5. The SMILES string of the molecule is C1=CC=Cc2cnccc2OC2C=CN(C=CN=COCC=C1)C2. The molecular weight excluding hydrogens is 302 g/mol. The van der Waals surface area contributed by atoms with E-state index in [2.05, 4.69) is 9.98 Å². The normalized spacial score (nSPS) is 20.2. The predicted octanol–water partition coefficient (Wildman–Crippen LogP) is 3.31. The molecule has 2 aliphatic heterocycles. The van der Waals surface area contributed by atoms with Gasteiger partial charge in [0, 0.05) is 36.6 Å². The van der Waals surface area contributed by atoms with Crippen LogP contribution in [0, 0.1) is 0 Å². The van der Waals surface area contributed by atoms with Crippen molar-refractivity contribution in [2.75, 3.05) is 13.2 Å². The van der Waals surface area contributed by atoms with Crippen molar-refractivity contribution in [1.29, 1.82) is 0 Å². The summed E-state index contributed by atoms with van der Waals surface area (Å²) in [4.78, 5) is 10.3. The van der Waals surface area contributed by atoms with Gasteiger partial charge in [0.1, 0.15) is 18.5 Å². The molecule has 0 fully saturated rings. The van der Waals surface area contributed by atoms with Gasteiger partial charge in [-0.2, -0.15) is 0 Å². The number of aliphatic imine (C=N–C) groups is 1. The Morgan fingerprint density at radius 3 is 3.08 bits per heavy atom. The second kappa shape index (κ2) is 8.53. The number of hydrogen-bond donors (Lipinski definition) is 0. The first-order valence-electron chi connectivity index (χ1n) is 7.76. The van der Waals surface area contributed by atoms with Crippen molar-refractivity contribution in [2.24, 2.45) is 4.99 Å². The molecule has 5 nitrogen and oxygen atoms in total. The van der Waals surface area contributed by atoms with E-state index < -0.39 is 0 Å². The lowest BCUT2D eigenvalue weighted by Crippen LogP contribution is -2.22. The van der Waals surface area contributed by atoms with E-state index in [1.165, 1.54) is 6.40 Å². The van der Waals surface area contributed by atoms with E-state index in [-0.39, 0.29) is 6.10 Å².